The lowest BCUT2D eigenvalue weighted by Gasteiger charge is -2.13. The number of thiophene rings is 1. The largest absolute Gasteiger partial charge is 1.00 e. The fourth-order valence-corrected chi connectivity index (χ4v) is 4.14. The predicted molar refractivity (Wildman–Crippen MR) is 101 cm³/mol. The number of imidazole rings is 1. The zero-order valence-electron chi connectivity index (χ0n) is 15.5. The highest BCUT2D eigenvalue weighted by atomic mass is 79.9. The van der Waals surface area contributed by atoms with Gasteiger partial charge in [-0.1, -0.05) is 44.2 Å². The van der Waals surface area contributed by atoms with Crippen LogP contribution in [-0.2, 0) is 13.1 Å². The first-order valence-corrected chi connectivity index (χ1v) is 9.73. The van der Waals surface area contributed by atoms with Crippen molar-refractivity contribution in [3.8, 4) is 0 Å². The Kier molecular flexibility index (Phi) is 5.76. The van der Waals surface area contributed by atoms with Crippen LogP contribution in [0.5, 0.6) is 0 Å². The Morgan fingerprint density at radius 2 is 1.75 bits per heavy atom. The number of aromatic nitrogens is 2. The van der Waals surface area contributed by atoms with Crippen molar-refractivity contribution in [2.75, 3.05) is 0 Å². The molecule has 0 bridgehead atoms. The van der Waals surface area contributed by atoms with E-state index in [-0.39, 0.29) is 40.9 Å². The fourth-order valence-electron chi connectivity index (χ4n) is 3.49. The Morgan fingerprint density at radius 1 is 1.07 bits per heavy atom. The number of rotatable bonds is 5. The minimum atomic E-state index is -0.207. The van der Waals surface area contributed by atoms with Gasteiger partial charge in [-0.2, -0.15) is 0 Å². The number of ketones is 3. The molecule has 0 fully saturated rings. The van der Waals surface area contributed by atoms with Crippen molar-refractivity contribution in [1.82, 2.24) is 4.57 Å². The van der Waals surface area contributed by atoms with Gasteiger partial charge in [-0.15, -0.1) is 11.3 Å². The number of carbonyl (C=O) groups excluding carboxylic acids is 3. The second kappa shape index (κ2) is 7.93. The molecule has 1 aliphatic carbocycles. The molecule has 0 aliphatic heterocycles. The van der Waals surface area contributed by atoms with Gasteiger partial charge in [0.2, 0.25) is 35.1 Å². The Morgan fingerprint density at radius 3 is 2.36 bits per heavy atom. The van der Waals surface area contributed by atoms with Gasteiger partial charge in [-0.3, -0.25) is 14.4 Å². The van der Waals surface area contributed by atoms with Crippen LogP contribution < -0.4 is 21.5 Å². The molecule has 0 unspecified atom stereocenters. The van der Waals surface area contributed by atoms with Gasteiger partial charge in [0.15, 0.2) is 6.54 Å². The summed E-state index contributed by atoms with van der Waals surface area (Å²) in [5.74, 6) is -0.147. The average molecular weight is 459 g/mol. The van der Waals surface area contributed by atoms with Gasteiger partial charge >= 0.3 is 0 Å². The summed E-state index contributed by atoms with van der Waals surface area (Å²) >= 11 is 1.37. The number of hydrogen-bond acceptors (Lipinski definition) is 4. The van der Waals surface area contributed by atoms with Crippen LogP contribution in [0.2, 0.25) is 0 Å². The highest BCUT2D eigenvalue weighted by Crippen LogP contribution is 2.26. The maximum Gasteiger partial charge on any atom is 0.245 e. The Balaban J connectivity index is 0.00000225. The van der Waals surface area contributed by atoms with E-state index in [0.29, 0.717) is 39.9 Å². The predicted octanol–water partition coefficient (Wildman–Crippen LogP) is 0.155. The Bertz CT molecular complexity index is 1070. The molecule has 7 heteroatoms. The number of halogens is 1. The molecule has 144 valence electrons. The third-order valence-electron chi connectivity index (χ3n) is 4.60. The number of hydrogen-bond donors (Lipinski definition) is 0. The highest BCUT2D eigenvalue weighted by Gasteiger charge is 2.41. The fraction of sp³-hybridized carbons (Fsp3) is 0.238. The van der Waals surface area contributed by atoms with Gasteiger partial charge in [0.1, 0.15) is 0 Å². The van der Waals surface area contributed by atoms with Crippen LogP contribution in [0.3, 0.4) is 0 Å². The standard InChI is InChI=1S/C21H19N2O3S.BrH/c1-13(2)10-22-12-23(11-16(24)17-8-5-9-27-17)19-18(22)20(25)14-6-3-4-7-15(14)21(19)26;/h3-9,12-13H,10-11H2,1-2H3;1H/q+1;/p-1. The summed E-state index contributed by atoms with van der Waals surface area (Å²) in [7, 11) is 0. The molecule has 0 spiro atoms. The third kappa shape index (κ3) is 3.40. The summed E-state index contributed by atoms with van der Waals surface area (Å²) in [6, 6.07) is 10.5. The summed E-state index contributed by atoms with van der Waals surface area (Å²) in [6.45, 7) is 4.74. The third-order valence-corrected chi connectivity index (χ3v) is 5.51. The molecule has 28 heavy (non-hydrogen) atoms. The minimum absolute atomic E-state index is 0. The van der Waals surface area contributed by atoms with Crippen LogP contribution in [-0.4, -0.2) is 21.9 Å². The summed E-state index contributed by atoms with van der Waals surface area (Å²) in [5.41, 5.74) is 1.51. The van der Waals surface area contributed by atoms with E-state index in [9.17, 15) is 14.4 Å². The summed E-state index contributed by atoms with van der Waals surface area (Å²) < 4.78 is 3.45. The van der Waals surface area contributed by atoms with E-state index in [1.165, 1.54) is 11.3 Å². The van der Waals surface area contributed by atoms with Gasteiger partial charge < -0.3 is 17.0 Å². The van der Waals surface area contributed by atoms with Crippen LogP contribution in [0.15, 0.2) is 48.1 Å². The van der Waals surface area contributed by atoms with E-state index in [2.05, 4.69) is 13.8 Å². The molecule has 0 amide bonds. The smallest absolute Gasteiger partial charge is 0.245 e. The van der Waals surface area contributed by atoms with E-state index >= 15 is 0 Å². The lowest BCUT2D eigenvalue weighted by atomic mass is 9.89. The van der Waals surface area contributed by atoms with E-state index in [1.807, 2.05) is 16.0 Å². The van der Waals surface area contributed by atoms with E-state index in [4.69, 9.17) is 0 Å². The zero-order valence-corrected chi connectivity index (χ0v) is 17.9. The number of carbonyl (C=O) groups is 3. The Hall–Kier alpha value is -2.38. The lowest BCUT2D eigenvalue weighted by molar-refractivity contribution is -0.684. The van der Waals surface area contributed by atoms with Crippen LogP contribution in [0, 0.1) is 5.92 Å². The second-order valence-electron chi connectivity index (χ2n) is 7.09. The second-order valence-corrected chi connectivity index (χ2v) is 8.04. The number of nitrogens with zero attached hydrogens (tertiary/aromatic N) is 2. The maximum absolute atomic E-state index is 13.1. The molecule has 2 heterocycles. The molecule has 1 aromatic carbocycles. The van der Waals surface area contributed by atoms with Crippen molar-refractivity contribution in [3.05, 3.63) is 75.5 Å². The summed E-state index contributed by atoms with van der Waals surface area (Å²) in [6.07, 6.45) is 1.73. The minimum Gasteiger partial charge on any atom is -1.00 e. The topological polar surface area (TPSA) is 60.0 Å². The van der Waals surface area contributed by atoms with Crippen LogP contribution in [0.4, 0.5) is 0 Å². The first kappa shape index (κ1) is 20.4. The normalized spacial score (nSPS) is 12.5. The SMILES string of the molecule is CC(C)Cn1c[n+](CC(=O)c2cccs2)c2c1C(=O)c1ccccc1C2=O.[Br-]. The average Bonchev–Trinajstić information content (AvgIpc) is 3.28. The molecular formula is C21H19BrN2O3S. The van der Waals surface area contributed by atoms with Crippen LogP contribution in [0.1, 0.15) is 55.6 Å². The van der Waals surface area contributed by atoms with Gasteiger partial charge in [-0.25, -0.2) is 9.13 Å². The molecule has 0 radical (unpaired) electrons. The molecule has 0 saturated heterocycles. The Labute approximate surface area is 177 Å². The molecule has 4 rings (SSSR count). The van der Waals surface area contributed by atoms with Crippen molar-refractivity contribution in [2.45, 2.75) is 26.9 Å². The van der Waals surface area contributed by atoms with Crippen molar-refractivity contribution in [1.29, 1.82) is 0 Å². The van der Waals surface area contributed by atoms with E-state index in [1.54, 1.807) is 41.2 Å². The van der Waals surface area contributed by atoms with Crippen LogP contribution in [0.25, 0.3) is 0 Å². The zero-order chi connectivity index (χ0) is 19.1. The number of fused-ring (bicyclic) bond motifs is 2. The molecule has 5 nitrogen and oxygen atoms in total. The summed E-state index contributed by atoms with van der Waals surface area (Å²) in [5, 5.41) is 1.85. The number of Topliss-reactive ketones (excluding diaryl/α,β-unsaturated/α-hetero) is 1. The molecule has 2 aromatic heterocycles. The van der Waals surface area contributed by atoms with E-state index < -0.39 is 0 Å². The van der Waals surface area contributed by atoms with Gasteiger partial charge in [0.05, 0.1) is 11.4 Å². The van der Waals surface area contributed by atoms with Crippen molar-refractivity contribution < 1.29 is 35.9 Å². The highest BCUT2D eigenvalue weighted by molar-refractivity contribution is 7.12. The van der Waals surface area contributed by atoms with Gasteiger partial charge in [-0.05, 0) is 17.4 Å². The first-order valence-electron chi connectivity index (χ1n) is 8.85. The van der Waals surface area contributed by atoms with Crippen molar-refractivity contribution >= 4 is 28.7 Å². The lowest BCUT2D eigenvalue weighted by Crippen LogP contribution is -3.00. The maximum atomic E-state index is 13.1. The number of benzene rings is 1. The first-order chi connectivity index (χ1) is 13.0. The quantitative estimate of drug-likeness (QED) is 0.316. The van der Waals surface area contributed by atoms with Crippen molar-refractivity contribution in [3.63, 3.8) is 0 Å². The molecule has 3 aromatic rings. The molecule has 0 atom stereocenters. The molecule has 1 aliphatic rings. The van der Waals surface area contributed by atoms with Crippen LogP contribution >= 0.6 is 11.3 Å². The van der Waals surface area contributed by atoms with Gasteiger partial charge in [0, 0.05) is 11.1 Å². The van der Waals surface area contributed by atoms with Crippen molar-refractivity contribution in [2.24, 2.45) is 5.92 Å². The molecule has 0 N–H and O–H groups in total. The van der Waals surface area contributed by atoms with E-state index in [0.717, 1.165) is 0 Å². The monoisotopic (exact) mass is 458 g/mol. The molecule has 0 saturated carbocycles. The summed E-state index contributed by atoms with van der Waals surface area (Å²) in [4.78, 5) is 39.5. The molecular weight excluding hydrogens is 440 g/mol. The van der Waals surface area contributed by atoms with Gasteiger partial charge in [0.25, 0.3) is 0 Å².